The second-order valence-corrected chi connectivity index (χ2v) is 5.66. The second-order valence-electron chi connectivity index (χ2n) is 4.46. The average Bonchev–Trinajstić information content (AvgIpc) is 2.73. The molecule has 6 heteroatoms. The number of aromatic amines is 1. The van der Waals surface area contributed by atoms with Gasteiger partial charge in [0, 0.05) is 0 Å². The molecule has 0 saturated carbocycles. The summed E-state index contributed by atoms with van der Waals surface area (Å²) in [6, 6.07) is 8.88. The number of nitrogens with one attached hydrogen (secondary N) is 1. The smallest absolute Gasteiger partial charge is 0.182 e. The molecule has 2 aromatic carbocycles. The minimum Gasteiger partial charge on any atom is -0.330 e. The first-order valence-electron chi connectivity index (χ1n) is 5.84. The molecule has 2 nitrogen and oxygen atoms in total. The molecular weight excluding hydrogens is 318 g/mol. The lowest BCUT2D eigenvalue weighted by Gasteiger charge is -2.08. The summed E-state index contributed by atoms with van der Waals surface area (Å²) in [7, 11) is 0. The number of halogens is 3. The van der Waals surface area contributed by atoms with Gasteiger partial charge in [0.15, 0.2) is 10.6 Å². The first-order valence-corrected chi connectivity index (χ1v) is 7.00. The van der Waals surface area contributed by atoms with E-state index in [9.17, 15) is 4.39 Å². The Hall–Kier alpha value is -1.36. The molecule has 0 atom stereocenters. The van der Waals surface area contributed by atoms with E-state index in [0.29, 0.717) is 10.5 Å². The van der Waals surface area contributed by atoms with Gasteiger partial charge in [0.2, 0.25) is 0 Å². The summed E-state index contributed by atoms with van der Waals surface area (Å²) in [6.07, 6.45) is 0. The van der Waals surface area contributed by atoms with Crippen LogP contribution in [0.4, 0.5) is 4.39 Å². The zero-order valence-electron chi connectivity index (χ0n) is 10.4. The maximum atomic E-state index is 13.5. The molecule has 102 valence electrons. The van der Waals surface area contributed by atoms with Crippen molar-refractivity contribution >= 4 is 46.5 Å². The van der Waals surface area contributed by atoms with E-state index in [1.165, 1.54) is 12.1 Å². The third kappa shape index (κ3) is 2.04. The zero-order chi connectivity index (χ0) is 14.4. The van der Waals surface area contributed by atoms with Crippen LogP contribution in [-0.2, 0) is 0 Å². The summed E-state index contributed by atoms with van der Waals surface area (Å²) in [4.78, 5) is 3.12. The summed E-state index contributed by atoms with van der Waals surface area (Å²) in [5, 5.41) is -0.0605. The molecule has 0 aliphatic rings. The van der Waals surface area contributed by atoms with Crippen molar-refractivity contribution in [3.63, 3.8) is 0 Å². The Labute approximate surface area is 129 Å². The number of imidazole rings is 1. The van der Waals surface area contributed by atoms with Gasteiger partial charge in [-0.15, -0.1) is 0 Å². The van der Waals surface area contributed by atoms with Crippen molar-refractivity contribution in [2.24, 2.45) is 0 Å². The predicted molar refractivity (Wildman–Crippen MR) is 83.2 cm³/mol. The molecule has 3 aromatic rings. The molecule has 0 amide bonds. The van der Waals surface area contributed by atoms with Gasteiger partial charge in [-0.1, -0.05) is 35.3 Å². The number of fused-ring (bicyclic) bond motifs is 1. The average molecular weight is 327 g/mol. The largest absolute Gasteiger partial charge is 0.330 e. The maximum Gasteiger partial charge on any atom is 0.182 e. The lowest BCUT2D eigenvalue weighted by atomic mass is 10.2. The number of aryl methyl sites for hydroxylation is 1. The van der Waals surface area contributed by atoms with Crippen LogP contribution in [0.25, 0.3) is 16.7 Å². The van der Waals surface area contributed by atoms with Crippen LogP contribution in [0.1, 0.15) is 5.56 Å². The number of nitrogens with zero attached hydrogens (tertiary/aromatic N) is 1. The summed E-state index contributed by atoms with van der Waals surface area (Å²) in [5.74, 6) is -0.625. The Balaban J connectivity index is 2.41. The van der Waals surface area contributed by atoms with E-state index in [0.717, 1.165) is 16.6 Å². The fourth-order valence-electron chi connectivity index (χ4n) is 2.25. The van der Waals surface area contributed by atoms with E-state index in [4.69, 9.17) is 35.4 Å². The van der Waals surface area contributed by atoms with Crippen LogP contribution in [0.3, 0.4) is 0 Å². The Morgan fingerprint density at radius 2 is 1.85 bits per heavy atom. The van der Waals surface area contributed by atoms with Gasteiger partial charge in [-0.05, 0) is 42.9 Å². The molecule has 0 saturated heterocycles. The molecule has 0 aliphatic heterocycles. The van der Waals surface area contributed by atoms with Gasteiger partial charge in [0.1, 0.15) is 0 Å². The molecule has 0 aliphatic carbocycles. The van der Waals surface area contributed by atoms with Crippen LogP contribution < -0.4 is 0 Å². The lowest BCUT2D eigenvalue weighted by Crippen LogP contribution is -1.97. The summed E-state index contributed by atoms with van der Waals surface area (Å²) in [5.41, 5.74) is 3.51. The number of para-hydroxylation sites is 1. The van der Waals surface area contributed by atoms with E-state index in [1.54, 1.807) is 4.57 Å². The number of H-pyrrole nitrogens is 1. The summed E-state index contributed by atoms with van der Waals surface area (Å²) < 4.78 is 15.8. The summed E-state index contributed by atoms with van der Waals surface area (Å²) >= 11 is 17.1. The van der Waals surface area contributed by atoms with Gasteiger partial charge in [-0.3, -0.25) is 4.57 Å². The van der Waals surface area contributed by atoms with Crippen LogP contribution in [-0.4, -0.2) is 9.55 Å². The summed E-state index contributed by atoms with van der Waals surface area (Å²) in [6.45, 7) is 1.98. The van der Waals surface area contributed by atoms with Crippen molar-refractivity contribution in [1.82, 2.24) is 9.55 Å². The Morgan fingerprint density at radius 3 is 2.50 bits per heavy atom. The highest BCUT2D eigenvalue weighted by Gasteiger charge is 2.13. The molecule has 3 rings (SSSR count). The quantitative estimate of drug-likeness (QED) is 0.466. The van der Waals surface area contributed by atoms with E-state index >= 15 is 0 Å². The fourth-order valence-corrected chi connectivity index (χ4v) is 3.03. The molecule has 0 radical (unpaired) electrons. The van der Waals surface area contributed by atoms with E-state index < -0.39 is 5.82 Å². The van der Waals surface area contributed by atoms with E-state index in [2.05, 4.69) is 4.98 Å². The third-order valence-electron chi connectivity index (χ3n) is 3.13. The van der Waals surface area contributed by atoms with Crippen molar-refractivity contribution in [3.05, 3.63) is 56.5 Å². The highest BCUT2D eigenvalue weighted by Crippen LogP contribution is 2.29. The normalized spacial score (nSPS) is 11.2. The van der Waals surface area contributed by atoms with E-state index in [1.807, 2.05) is 25.1 Å². The van der Waals surface area contributed by atoms with Crippen LogP contribution in [0.15, 0.2) is 30.3 Å². The van der Waals surface area contributed by atoms with Crippen LogP contribution in [0, 0.1) is 17.5 Å². The minimum absolute atomic E-state index is 0.0302. The van der Waals surface area contributed by atoms with Crippen LogP contribution in [0.2, 0.25) is 10.0 Å². The van der Waals surface area contributed by atoms with Crippen LogP contribution >= 0.6 is 35.4 Å². The van der Waals surface area contributed by atoms with Crippen molar-refractivity contribution in [2.45, 2.75) is 6.92 Å². The molecule has 20 heavy (non-hydrogen) atoms. The van der Waals surface area contributed by atoms with Crippen molar-refractivity contribution in [2.75, 3.05) is 0 Å². The monoisotopic (exact) mass is 326 g/mol. The van der Waals surface area contributed by atoms with Gasteiger partial charge < -0.3 is 4.98 Å². The topological polar surface area (TPSA) is 20.7 Å². The van der Waals surface area contributed by atoms with Gasteiger partial charge in [0.25, 0.3) is 0 Å². The minimum atomic E-state index is -0.625. The van der Waals surface area contributed by atoms with Gasteiger partial charge in [0.05, 0.1) is 26.8 Å². The predicted octanol–water partition coefficient (Wildman–Crippen LogP) is 5.44. The SMILES string of the molecule is Cc1cccc2[nH]c(=S)n(-c3cc(Cl)c(F)c(Cl)c3)c12. The molecule has 1 N–H and O–H groups in total. The molecule has 0 fully saturated rings. The van der Waals surface area contributed by atoms with Crippen molar-refractivity contribution < 1.29 is 4.39 Å². The Bertz CT molecular complexity index is 859. The second kappa shape index (κ2) is 4.88. The molecule has 0 bridgehead atoms. The lowest BCUT2D eigenvalue weighted by molar-refractivity contribution is 0.628. The number of benzene rings is 2. The number of aromatic nitrogens is 2. The molecule has 1 aromatic heterocycles. The number of rotatable bonds is 1. The standard InChI is InChI=1S/C14H9Cl2FN2S/c1-7-3-2-4-11-13(7)19(14(20)18-11)8-5-9(15)12(17)10(16)6-8/h2-6H,1H3,(H,18,20). The van der Waals surface area contributed by atoms with Gasteiger partial charge in [-0.2, -0.15) is 0 Å². The molecule has 0 unspecified atom stereocenters. The fraction of sp³-hybridized carbons (Fsp3) is 0.0714. The highest BCUT2D eigenvalue weighted by atomic mass is 35.5. The van der Waals surface area contributed by atoms with Crippen LogP contribution in [0.5, 0.6) is 0 Å². The highest BCUT2D eigenvalue weighted by molar-refractivity contribution is 7.71. The first-order chi connectivity index (χ1) is 9.49. The van der Waals surface area contributed by atoms with Crippen molar-refractivity contribution in [1.29, 1.82) is 0 Å². The number of hydrogen-bond acceptors (Lipinski definition) is 1. The first kappa shape index (κ1) is 13.6. The van der Waals surface area contributed by atoms with Gasteiger partial charge >= 0.3 is 0 Å². The zero-order valence-corrected chi connectivity index (χ0v) is 12.7. The molecule has 1 heterocycles. The third-order valence-corrected chi connectivity index (χ3v) is 3.97. The Morgan fingerprint density at radius 1 is 1.20 bits per heavy atom. The Kier molecular flexibility index (Phi) is 3.32. The molecule has 0 spiro atoms. The molecular formula is C14H9Cl2FN2S. The van der Waals surface area contributed by atoms with E-state index in [-0.39, 0.29) is 10.0 Å². The van der Waals surface area contributed by atoms with Crippen molar-refractivity contribution in [3.8, 4) is 5.69 Å². The van der Waals surface area contributed by atoms with Gasteiger partial charge in [-0.25, -0.2) is 4.39 Å². The number of hydrogen-bond donors (Lipinski definition) is 1. The maximum absolute atomic E-state index is 13.5.